The van der Waals surface area contributed by atoms with E-state index in [0.29, 0.717) is 16.9 Å². The fourth-order valence-electron chi connectivity index (χ4n) is 3.71. The molecule has 4 aromatic rings. The molecule has 0 saturated carbocycles. The zero-order valence-corrected chi connectivity index (χ0v) is 20.7. The minimum atomic E-state index is -4.64. The van der Waals surface area contributed by atoms with E-state index in [1.807, 2.05) is 0 Å². The van der Waals surface area contributed by atoms with Gasteiger partial charge in [-0.25, -0.2) is 14.4 Å². The van der Waals surface area contributed by atoms with Crippen LogP contribution in [0.3, 0.4) is 0 Å². The van der Waals surface area contributed by atoms with Crippen molar-refractivity contribution >= 4 is 40.3 Å². The summed E-state index contributed by atoms with van der Waals surface area (Å²) in [5.41, 5.74) is -0.310. The first kappa shape index (κ1) is 25.5. The van der Waals surface area contributed by atoms with Crippen molar-refractivity contribution in [3.8, 4) is 16.9 Å². The van der Waals surface area contributed by atoms with Crippen molar-refractivity contribution in [1.29, 1.82) is 0 Å². The molecule has 12 heteroatoms. The van der Waals surface area contributed by atoms with Crippen LogP contribution in [0, 0.1) is 5.82 Å². The second kappa shape index (κ2) is 9.44. The Morgan fingerprint density at radius 3 is 2.34 bits per heavy atom. The van der Waals surface area contributed by atoms with Gasteiger partial charge in [-0.15, -0.1) is 0 Å². The summed E-state index contributed by atoms with van der Waals surface area (Å²) in [4.78, 5) is 11.9. The molecule has 1 atom stereocenters. The van der Waals surface area contributed by atoms with Gasteiger partial charge in [0.2, 0.25) is 0 Å². The summed E-state index contributed by atoms with van der Waals surface area (Å²) in [6.07, 6.45) is -1.000. The largest absolute Gasteiger partial charge is 0.490 e. The molecule has 0 radical (unpaired) electrons. The van der Waals surface area contributed by atoms with E-state index in [0.717, 1.165) is 18.3 Å². The molecule has 1 unspecified atom stereocenters. The number of alkyl halides is 3. The number of hydrogen-bond donors (Lipinski definition) is 0. The predicted octanol–water partition coefficient (Wildman–Crippen LogP) is 7.85. The van der Waals surface area contributed by atoms with Gasteiger partial charge in [0.1, 0.15) is 22.8 Å². The van der Waals surface area contributed by atoms with Crippen LogP contribution in [0.5, 0.6) is 5.75 Å². The van der Waals surface area contributed by atoms with E-state index in [1.165, 1.54) is 12.3 Å². The highest BCUT2D eigenvalue weighted by molar-refractivity contribution is 6.38. The Labute approximate surface area is 212 Å². The molecule has 0 aliphatic heterocycles. The van der Waals surface area contributed by atoms with Crippen molar-refractivity contribution in [3.63, 3.8) is 0 Å². The quantitative estimate of drug-likeness (QED) is 0.239. The molecule has 0 fully saturated rings. The van der Waals surface area contributed by atoms with Gasteiger partial charge in [-0.05, 0) is 26.0 Å². The Hall–Kier alpha value is -2.62. The van der Waals surface area contributed by atoms with Gasteiger partial charge >= 0.3 is 6.18 Å². The number of pyridine rings is 1. The first-order valence-corrected chi connectivity index (χ1v) is 11.4. The normalized spacial score (nSPS) is 13.0. The first-order valence-electron chi connectivity index (χ1n) is 10.3. The molecular formula is C23H17Cl3F4N4O. The molecule has 184 valence electrons. The van der Waals surface area contributed by atoms with Crippen molar-refractivity contribution in [2.75, 3.05) is 0 Å². The standard InChI is InChI=1S/C23H17Cl3F4N4O/c1-10(2)35-19-13(11(3)22-33-21(26)18-20(25)31-6-7-34(18)22)8-14(24)17(27)16(19)12-4-5-15(32-9-12)23(28,29)30/h4-11H,1-3H3. The van der Waals surface area contributed by atoms with Crippen LogP contribution in [0.25, 0.3) is 16.6 Å². The van der Waals surface area contributed by atoms with Gasteiger partial charge in [0.05, 0.1) is 16.7 Å². The minimum absolute atomic E-state index is 0.0698. The SMILES string of the molecule is CC(C)Oc1c(C(C)c2nc(Cl)c3c(Cl)nccn23)cc(Cl)c(F)c1-c1ccc(C(F)(F)F)nc1. The second-order valence-corrected chi connectivity index (χ2v) is 9.10. The topological polar surface area (TPSA) is 52.3 Å². The van der Waals surface area contributed by atoms with E-state index < -0.39 is 29.7 Å². The molecule has 0 spiro atoms. The number of halogens is 7. The molecule has 0 saturated heterocycles. The second-order valence-electron chi connectivity index (χ2n) is 7.98. The zero-order valence-electron chi connectivity index (χ0n) is 18.5. The maximum atomic E-state index is 15.4. The average Bonchev–Trinajstić information content (AvgIpc) is 3.13. The highest BCUT2D eigenvalue weighted by Gasteiger charge is 2.33. The third-order valence-electron chi connectivity index (χ3n) is 5.25. The van der Waals surface area contributed by atoms with Crippen LogP contribution in [-0.4, -0.2) is 25.5 Å². The number of aromatic nitrogens is 4. The number of hydrogen-bond acceptors (Lipinski definition) is 4. The molecule has 5 nitrogen and oxygen atoms in total. The van der Waals surface area contributed by atoms with Crippen molar-refractivity contribution in [1.82, 2.24) is 19.4 Å². The Morgan fingerprint density at radius 1 is 1.03 bits per heavy atom. The van der Waals surface area contributed by atoms with Gasteiger partial charge in [0, 0.05) is 35.6 Å². The third-order valence-corrected chi connectivity index (χ3v) is 6.06. The van der Waals surface area contributed by atoms with Gasteiger partial charge in [-0.2, -0.15) is 13.2 Å². The zero-order chi connectivity index (χ0) is 25.7. The Bertz CT molecular complexity index is 1410. The molecule has 0 N–H and O–H groups in total. The maximum absolute atomic E-state index is 15.4. The molecule has 0 aliphatic rings. The molecule has 0 aliphatic carbocycles. The predicted molar refractivity (Wildman–Crippen MR) is 126 cm³/mol. The van der Waals surface area contributed by atoms with E-state index in [-0.39, 0.29) is 32.2 Å². The van der Waals surface area contributed by atoms with E-state index in [9.17, 15) is 13.2 Å². The van der Waals surface area contributed by atoms with E-state index in [2.05, 4.69) is 15.0 Å². The number of benzene rings is 1. The Balaban J connectivity index is 1.95. The lowest BCUT2D eigenvalue weighted by Crippen LogP contribution is -2.13. The van der Waals surface area contributed by atoms with Crippen LogP contribution < -0.4 is 4.74 Å². The molecule has 3 heterocycles. The maximum Gasteiger partial charge on any atom is 0.433 e. The van der Waals surface area contributed by atoms with E-state index in [1.54, 1.807) is 31.4 Å². The molecule has 0 bridgehead atoms. The highest BCUT2D eigenvalue weighted by Crippen LogP contribution is 2.45. The van der Waals surface area contributed by atoms with Gasteiger partial charge in [-0.3, -0.25) is 9.38 Å². The molecule has 4 rings (SSSR count). The molecule has 1 aromatic carbocycles. The monoisotopic (exact) mass is 546 g/mol. The Morgan fingerprint density at radius 2 is 1.74 bits per heavy atom. The van der Waals surface area contributed by atoms with Crippen LogP contribution >= 0.6 is 34.8 Å². The molecule has 35 heavy (non-hydrogen) atoms. The number of rotatable bonds is 5. The summed E-state index contributed by atoms with van der Waals surface area (Å²) in [5.74, 6) is -0.856. The first-order chi connectivity index (χ1) is 16.4. The van der Waals surface area contributed by atoms with Crippen molar-refractivity contribution in [3.05, 3.63) is 75.0 Å². The summed E-state index contributed by atoms with van der Waals surface area (Å²) >= 11 is 18.7. The van der Waals surface area contributed by atoms with Gasteiger partial charge in [-0.1, -0.05) is 47.8 Å². The minimum Gasteiger partial charge on any atom is -0.490 e. The Kier molecular flexibility index (Phi) is 6.87. The average molecular weight is 548 g/mol. The lowest BCUT2D eigenvalue weighted by Gasteiger charge is -2.23. The van der Waals surface area contributed by atoms with E-state index >= 15 is 4.39 Å². The smallest absolute Gasteiger partial charge is 0.433 e. The van der Waals surface area contributed by atoms with Crippen LogP contribution in [-0.2, 0) is 6.18 Å². The summed E-state index contributed by atoms with van der Waals surface area (Å²) in [6.45, 7) is 5.26. The lowest BCUT2D eigenvalue weighted by atomic mass is 9.93. The summed E-state index contributed by atoms with van der Waals surface area (Å²) in [6, 6.07) is 3.30. The molecular weight excluding hydrogens is 531 g/mol. The summed E-state index contributed by atoms with van der Waals surface area (Å²) in [7, 11) is 0. The number of nitrogens with zero attached hydrogens (tertiary/aromatic N) is 4. The molecule has 0 amide bonds. The summed E-state index contributed by atoms with van der Waals surface area (Å²) < 4.78 is 62.1. The molecule has 3 aromatic heterocycles. The van der Waals surface area contributed by atoms with Crippen molar-refractivity contribution in [2.45, 2.75) is 39.0 Å². The van der Waals surface area contributed by atoms with Gasteiger partial charge < -0.3 is 4.74 Å². The van der Waals surface area contributed by atoms with Crippen molar-refractivity contribution in [2.24, 2.45) is 0 Å². The highest BCUT2D eigenvalue weighted by atomic mass is 35.5. The fourth-order valence-corrected chi connectivity index (χ4v) is 4.47. The third kappa shape index (κ3) is 4.77. The number of fused-ring (bicyclic) bond motifs is 1. The number of imidazole rings is 1. The van der Waals surface area contributed by atoms with Crippen LogP contribution in [0.1, 0.15) is 43.8 Å². The lowest BCUT2D eigenvalue weighted by molar-refractivity contribution is -0.141. The van der Waals surface area contributed by atoms with Crippen molar-refractivity contribution < 1.29 is 22.3 Å². The number of ether oxygens (including phenoxy) is 1. The van der Waals surface area contributed by atoms with Crippen LogP contribution in [0.2, 0.25) is 15.3 Å². The fraction of sp³-hybridized carbons (Fsp3) is 0.261. The summed E-state index contributed by atoms with van der Waals surface area (Å²) in [5, 5.41) is 0.0249. The van der Waals surface area contributed by atoms with Crippen LogP contribution in [0.15, 0.2) is 36.8 Å². The van der Waals surface area contributed by atoms with Gasteiger partial charge in [0.15, 0.2) is 16.1 Å². The van der Waals surface area contributed by atoms with Crippen LogP contribution in [0.4, 0.5) is 17.6 Å². The van der Waals surface area contributed by atoms with Gasteiger partial charge in [0.25, 0.3) is 0 Å². The van der Waals surface area contributed by atoms with E-state index in [4.69, 9.17) is 39.5 Å².